The molecule has 0 aliphatic carbocycles. The third-order valence-corrected chi connectivity index (χ3v) is 0.836. The first kappa shape index (κ1) is 8.49. The Morgan fingerprint density at radius 3 is 2.11 bits per heavy atom. The molecule has 0 fully saturated rings. The summed E-state index contributed by atoms with van der Waals surface area (Å²) in [6.07, 6.45) is -3.03. The Morgan fingerprint density at radius 1 is 1.56 bits per heavy atom. The number of hydrogen-bond acceptors (Lipinski definition) is 1. The van der Waals surface area contributed by atoms with Crippen molar-refractivity contribution in [3.8, 4) is 0 Å². The molecule has 0 atom stereocenters. The Bertz CT molecular complexity index is 96.9. The van der Waals surface area contributed by atoms with Gasteiger partial charge in [-0.3, -0.25) is 0 Å². The van der Waals surface area contributed by atoms with Crippen LogP contribution in [0.2, 0.25) is 0 Å². The minimum Gasteiger partial charge on any atom is -0.214 e. The van der Waals surface area contributed by atoms with Gasteiger partial charge in [0.1, 0.15) is 0 Å². The molecule has 0 aromatic rings. The second-order valence-corrected chi connectivity index (χ2v) is 1.64. The fourth-order valence-electron chi connectivity index (χ4n) is 0.297. The van der Waals surface area contributed by atoms with Crippen molar-refractivity contribution in [2.75, 3.05) is 13.6 Å². The Balaban J connectivity index is 3.72. The lowest BCUT2D eigenvalue weighted by atomic mass is 10.6. The molecule has 0 saturated heterocycles. The number of rotatable bonds is 2. The Hall–Kier alpha value is -0.510. The average molecular weight is 139 g/mol. The highest BCUT2D eigenvalue weighted by molar-refractivity contribution is 4.71. The molecule has 0 rings (SSSR count). The van der Waals surface area contributed by atoms with Gasteiger partial charge in [-0.05, 0) is 7.05 Å². The van der Waals surface area contributed by atoms with Crippen molar-refractivity contribution in [1.29, 1.82) is 0 Å². The van der Waals surface area contributed by atoms with E-state index in [0.29, 0.717) is 0 Å². The number of nitrogens with zero attached hydrogens (tertiary/aromatic N) is 1. The quantitative estimate of drug-likeness (QED) is 0.415. The van der Waals surface area contributed by atoms with E-state index in [2.05, 4.69) is 6.58 Å². The molecule has 0 aliphatic heterocycles. The molecule has 0 unspecified atom stereocenters. The van der Waals surface area contributed by atoms with Gasteiger partial charge in [-0.15, -0.1) is 6.58 Å². The molecular weight excluding hydrogens is 131 g/mol. The maximum atomic E-state index is 11.5. The lowest BCUT2D eigenvalue weighted by Gasteiger charge is -2.16. The molecular formula is C5H8F3N. The summed E-state index contributed by atoms with van der Waals surface area (Å²) in [4.78, 5) is 0.250. The molecule has 0 aliphatic rings. The summed E-state index contributed by atoms with van der Waals surface area (Å²) in [5.74, 6) is 0. The maximum absolute atomic E-state index is 11.5. The zero-order valence-electron chi connectivity index (χ0n) is 5.07. The van der Waals surface area contributed by atoms with Gasteiger partial charge >= 0.3 is 6.30 Å². The first-order chi connectivity index (χ1) is 3.98. The highest BCUT2D eigenvalue weighted by Crippen LogP contribution is 2.17. The largest absolute Gasteiger partial charge is 0.459 e. The van der Waals surface area contributed by atoms with Gasteiger partial charge in [-0.1, -0.05) is 6.08 Å². The van der Waals surface area contributed by atoms with E-state index in [4.69, 9.17) is 0 Å². The smallest absolute Gasteiger partial charge is 0.214 e. The molecule has 0 spiro atoms. The molecule has 0 bridgehead atoms. The van der Waals surface area contributed by atoms with Gasteiger partial charge in [0.25, 0.3) is 0 Å². The van der Waals surface area contributed by atoms with Crippen LogP contribution in [0.4, 0.5) is 13.2 Å². The van der Waals surface area contributed by atoms with Gasteiger partial charge in [-0.25, -0.2) is 4.90 Å². The zero-order valence-corrected chi connectivity index (χ0v) is 5.07. The molecule has 0 saturated carbocycles. The van der Waals surface area contributed by atoms with Gasteiger partial charge in [0.05, 0.1) is 0 Å². The molecule has 4 heteroatoms. The van der Waals surface area contributed by atoms with Crippen molar-refractivity contribution in [2.24, 2.45) is 0 Å². The standard InChI is InChI=1S/C5H8F3N/c1-3-4-9(2)5(6,7)8/h3H,1,4H2,2H3. The van der Waals surface area contributed by atoms with E-state index in [9.17, 15) is 13.2 Å². The van der Waals surface area contributed by atoms with Gasteiger partial charge in [0.2, 0.25) is 0 Å². The summed E-state index contributed by atoms with van der Waals surface area (Å²) >= 11 is 0. The van der Waals surface area contributed by atoms with Crippen molar-refractivity contribution in [2.45, 2.75) is 6.30 Å². The summed E-state index contributed by atoms with van der Waals surface area (Å²) in [7, 11) is 0.974. The highest BCUT2D eigenvalue weighted by Gasteiger charge is 2.32. The first-order valence-corrected chi connectivity index (χ1v) is 2.37. The van der Waals surface area contributed by atoms with Crippen LogP contribution in [0, 0.1) is 0 Å². The van der Waals surface area contributed by atoms with E-state index in [1.807, 2.05) is 0 Å². The molecule has 9 heavy (non-hydrogen) atoms. The molecule has 1 nitrogen and oxygen atoms in total. The normalized spacial score (nSPS) is 12.1. The second kappa shape index (κ2) is 2.87. The van der Waals surface area contributed by atoms with Gasteiger partial charge in [-0.2, -0.15) is 13.2 Å². The number of alkyl halides is 3. The predicted molar refractivity (Wildman–Crippen MR) is 28.9 cm³/mol. The van der Waals surface area contributed by atoms with Crippen LogP contribution < -0.4 is 0 Å². The second-order valence-electron chi connectivity index (χ2n) is 1.64. The van der Waals surface area contributed by atoms with Crippen LogP contribution >= 0.6 is 0 Å². The van der Waals surface area contributed by atoms with Crippen LogP contribution in [0.5, 0.6) is 0 Å². The lowest BCUT2D eigenvalue weighted by molar-refractivity contribution is -0.233. The zero-order chi connectivity index (χ0) is 7.49. The third kappa shape index (κ3) is 3.13. The lowest BCUT2D eigenvalue weighted by Crippen LogP contribution is -2.33. The number of halogens is 3. The van der Waals surface area contributed by atoms with E-state index < -0.39 is 6.30 Å². The fraction of sp³-hybridized carbons (Fsp3) is 0.600. The van der Waals surface area contributed by atoms with Crippen LogP contribution in [0.15, 0.2) is 12.7 Å². The van der Waals surface area contributed by atoms with Crippen LogP contribution in [-0.2, 0) is 0 Å². The predicted octanol–water partition coefficient (Wildman–Crippen LogP) is 1.62. The van der Waals surface area contributed by atoms with Crippen LogP contribution in [-0.4, -0.2) is 24.8 Å². The molecule has 0 aromatic heterocycles. The average Bonchev–Trinajstić information content (AvgIpc) is 1.64. The van der Waals surface area contributed by atoms with Crippen molar-refractivity contribution >= 4 is 0 Å². The summed E-state index contributed by atoms with van der Waals surface area (Å²) in [5.41, 5.74) is 0. The first-order valence-electron chi connectivity index (χ1n) is 2.37. The van der Waals surface area contributed by atoms with Crippen molar-refractivity contribution in [1.82, 2.24) is 4.90 Å². The molecule has 0 aromatic carbocycles. The van der Waals surface area contributed by atoms with E-state index in [1.165, 1.54) is 6.08 Å². The molecule has 0 N–H and O–H groups in total. The molecule has 54 valence electrons. The maximum Gasteiger partial charge on any atom is 0.459 e. The van der Waals surface area contributed by atoms with Crippen molar-refractivity contribution in [3.63, 3.8) is 0 Å². The van der Waals surface area contributed by atoms with Crippen LogP contribution in [0.25, 0.3) is 0 Å². The van der Waals surface area contributed by atoms with Crippen LogP contribution in [0.1, 0.15) is 0 Å². The molecule has 0 amide bonds. The van der Waals surface area contributed by atoms with Crippen LogP contribution in [0.3, 0.4) is 0 Å². The number of likely N-dealkylation sites (N-methyl/N-ethyl adjacent to an activating group) is 1. The van der Waals surface area contributed by atoms with Gasteiger partial charge < -0.3 is 0 Å². The van der Waals surface area contributed by atoms with E-state index in [1.54, 1.807) is 0 Å². The third-order valence-electron chi connectivity index (χ3n) is 0.836. The SMILES string of the molecule is C=CCN(C)C(F)(F)F. The Labute approximate surface area is 51.8 Å². The van der Waals surface area contributed by atoms with E-state index >= 15 is 0 Å². The molecule has 0 radical (unpaired) electrons. The van der Waals surface area contributed by atoms with Crippen molar-refractivity contribution < 1.29 is 13.2 Å². The summed E-state index contributed by atoms with van der Waals surface area (Å²) in [5, 5.41) is 0. The molecule has 0 heterocycles. The minimum absolute atomic E-state index is 0.163. The fourth-order valence-corrected chi connectivity index (χ4v) is 0.297. The summed E-state index contributed by atoms with van der Waals surface area (Å²) in [6, 6.07) is 0. The Morgan fingerprint density at radius 2 is 2.00 bits per heavy atom. The number of hydrogen-bond donors (Lipinski definition) is 0. The topological polar surface area (TPSA) is 3.24 Å². The van der Waals surface area contributed by atoms with E-state index in [-0.39, 0.29) is 11.4 Å². The van der Waals surface area contributed by atoms with Gasteiger partial charge in [0.15, 0.2) is 0 Å². The minimum atomic E-state index is -4.23. The Kier molecular flexibility index (Phi) is 2.70. The summed E-state index contributed by atoms with van der Waals surface area (Å²) < 4.78 is 34.5. The van der Waals surface area contributed by atoms with E-state index in [0.717, 1.165) is 7.05 Å². The highest BCUT2D eigenvalue weighted by atomic mass is 19.4. The summed E-state index contributed by atoms with van der Waals surface area (Å²) in [6.45, 7) is 3.01. The van der Waals surface area contributed by atoms with Gasteiger partial charge in [0, 0.05) is 6.54 Å². The monoisotopic (exact) mass is 139 g/mol. The van der Waals surface area contributed by atoms with Crippen molar-refractivity contribution in [3.05, 3.63) is 12.7 Å².